The Morgan fingerprint density at radius 1 is 0.900 bits per heavy atom. The first-order valence-electron chi connectivity index (χ1n) is 13.6. The number of amides is 2. The quantitative estimate of drug-likeness (QED) is 0.342. The van der Waals surface area contributed by atoms with Crippen LogP contribution >= 0.6 is 0 Å². The van der Waals surface area contributed by atoms with Crippen molar-refractivity contribution in [1.82, 2.24) is 15.1 Å². The van der Waals surface area contributed by atoms with E-state index in [9.17, 15) is 13.2 Å². The average Bonchev–Trinajstić information content (AvgIpc) is 2.89. The highest BCUT2D eigenvalue weighted by Crippen LogP contribution is 2.25. The summed E-state index contributed by atoms with van der Waals surface area (Å²) in [6, 6.07) is 25.2. The third-order valence-electron chi connectivity index (χ3n) is 6.66. The van der Waals surface area contributed by atoms with Crippen LogP contribution in [-0.2, 0) is 23.1 Å². The molecule has 0 aliphatic carbocycles. The van der Waals surface area contributed by atoms with E-state index in [-0.39, 0.29) is 17.6 Å². The predicted molar refractivity (Wildman–Crippen MR) is 160 cm³/mol. The number of anilines is 1. The Bertz CT molecular complexity index is 1350. The zero-order valence-electron chi connectivity index (χ0n) is 23.8. The van der Waals surface area contributed by atoms with Gasteiger partial charge in [-0.15, -0.1) is 0 Å². The Labute approximate surface area is 238 Å². The van der Waals surface area contributed by atoms with Gasteiger partial charge >= 0.3 is 6.03 Å². The number of nitrogens with zero attached hydrogens (tertiary/aromatic N) is 2. The van der Waals surface area contributed by atoms with E-state index in [1.165, 1.54) is 5.56 Å². The predicted octanol–water partition coefficient (Wildman–Crippen LogP) is 5.83. The molecule has 2 amide bonds. The lowest BCUT2D eigenvalue weighted by atomic mass is 10.0. The molecule has 3 aromatic rings. The van der Waals surface area contributed by atoms with Gasteiger partial charge in [0.25, 0.3) is 0 Å². The molecule has 3 aromatic carbocycles. The number of carbonyl (C=O) groups excluding carboxylic acids is 1. The maximum atomic E-state index is 13.2. The second-order valence-corrected chi connectivity index (χ2v) is 13.2. The largest absolute Gasteiger partial charge is 0.457 e. The number of likely N-dealkylation sites (tertiary alicyclic amines) is 1. The van der Waals surface area contributed by atoms with Gasteiger partial charge in [-0.05, 0) is 81.1 Å². The fourth-order valence-corrected chi connectivity index (χ4v) is 5.36. The summed E-state index contributed by atoms with van der Waals surface area (Å²) in [5.74, 6) is 1.34. The van der Waals surface area contributed by atoms with Crippen molar-refractivity contribution >= 4 is 21.7 Å². The molecule has 2 N–H and O–H groups in total. The number of ether oxygens (including phenoxy) is 1. The van der Waals surface area contributed by atoms with Crippen LogP contribution in [-0.4, -0.2) is 55.2 Å². The summed E-state index contributed by atoms with van der Waals surface area (Å²) in [5, 5.41) is 3.16. The van der Waals surface area contributed by atoms with E-state index < -0.39 is 10.0 Å². The van der Waals surface area contributed by atoms with Crippen LogP contribution in [0.1, 0.15) is 44.7 Å². The Kier molecular flexibility index (Phi) is 9.37. The van der Waals surface area contributed by atoms with Gasteiger partial charge in [0.15, 0.2) is 0 Å². The van der Waals surface area contributed by atoms with Gasteiger partial charge in [-0.1, -0.05) is 42.5 Å². The van der Waals surface area contributed by atoms with E-state index in [0.717, 1.165) is 44.3 Å². The highest BCUT2D eigenvalue weighted by atomic mass is 32.2. The molecule has 1 aliphatic heterocycles. The monoisotopic (exact) mass is 564 g/mol. The maximum Gasteiger partial charge on any atom is 0.318 e. The van der Waals surface area contributed by atoms with Crippen LogP contribution < -0.4 is 14.8 Å². The van der Waals surface area contributed by atoms with Crippen LogP contribution in [0.2, 0.25) is 0 Å². The molecule has 1 saturated heterocycles. The number of piperidine rings is 1. The summed E-state index contributed by atoms with van der Waals surface area (Å²) in [7, 11) is -3.31. The second kappa shape index (κ2) is 12.7. The van der Waals surface area contributed by atoms with E-state index in [4.69, 9.17) is 4.74 Å². The smallest absolute Gasteiger partial charge is 0.318 e. The van der Waals surface area contributed by atoms with Crippen molar-refractivity contribution in [3.8, 4) is 11.5 Å². The molecule has 1 aliphatic rings. The van der Waals surface area contributed by atoms with Crippen molar-refractivity contribution in [2.45, 2.75) is 58.3 Å². The van der Waals surface area contributed by atoms with Crippen molar-refractivity contribution in [3.63, 3.8) is 0 Å². The Morgan fingerprint density at radius 3 is 2.02 bits per heavy atom. The third-order valence-corrected chi connectivity index (χ3v) is 7.27. The Hall–Kier alpha value is -3.56. The van der Waals surface area contributed by atoms with Crippen LogP contribution in [0.3, 0.4) is 0 Å². The van der Waals surface area contributed by atoms with Gasteiger partial charge in [0.05, 0.1) is 6.26 Å². The van der Waals surface area contributed by atoms with Crippen molar-refractivity contribution in [2.75, 3.05) is 24.1 Å². The molecule has 1 heterocycles. The highest BCUT2D eigenvalue weighted by Gasteiger charge is 2.30. The minimum Gasteiger partial charge on any atom is -0.457 e. The van der Waals surface area contributed by atoms with Gasteiger partial charge in [0.1, 0.15) is 11.5 Å². The maximum absolute atomic E-state index is 13.2. The van der Waals surface area contributed by atoms with E-state index in [0.29, 0.717) is 23.7 Å². The van der Waals surface area contributed by atoms with Gasteiger partial charge in [0, 0.05) is 43.4 Å². The molecule has 0 aromatic heterocycles. The minimum absolute atomic E-state index is 0.00769. The van der Waals surface area contributed by atoms with Crippen LogP contribution in [0.25, 0.3) is 0 Å². The van der Waals surface area contributed by atoms with Gasteiger partial charge < -0.3 is 15.0 Å². The van der Waals surface area contributed by atoms with Crippen molar-refractivity contribution < 1.29 is 17.9 Å². The molecule has 0 bridgehead atoms. The molecule has 0 saturated carbocycles. The lowest BCUT2D eigenvalue weighted by Gasteiger charge is -2.39. The van der Waals surface area contributed by atoms with E-state index >= 15 is 0 Å². The van der Waals surface area contributed by atoms with Crippen molar-refractivity contribution in [2.24, 2.45) is 0 Å². The number of nitrogens with one attached hydrogen (secondary N) is 2. The molecule has 0 radical (unpaired) electrons. The molecule has 214 valence electrons. The zero-order chi connectivity index (χ0) is 28.8. The van der Waals surface area contributed by atoms with Gasteiger partial charge in [0.2, 0.25) is 10.0 Å². The summed E-state index contributed by atoms with van der Waals surface area (Å²) in [6.07, 6.45) is 2.97. The number of benzene rings is 3. The van der Waals surface area contributed by atoms with Crippen LogP contribution in [0.4, 0.5) is 10.5 Å². The number of hydrogen-bond acceptors (Lipinski definition) is 5. The Balaban J connectivity index is 1.30. The zero-order valence-corrected chi connectivity index (χ0v) is 24.6. The van der Waals surface area contributed by atoms with Gasteiger partial charge in [-0.3, -0.25) is 9.62 Å². The molecule has 0 atom stereocenters. The standard InChI is InChI=1S/C31H40N4O4S/c1-31(2,3)32-30(36)35(23-24-8-6-5-7-9-24)27-18-20-34(21-19-27)22-25-10-14-28(15-11-25)39-29-16-12-26(13-17-29)33-40(4,37)38/h5-17,27,33H,18-23H2,1-4H3,(H,32,36). The Morgan fingerprint density at radius 2 is 1.48 bits per heavy atom. The number of urea groups is 1. The van der Waals surface area contributed by atoms with E-state index in [2.05, 4.69) is 39.2 Å². The first-order chi connectivity index (χ1) is 18.9. The first-order valence-corrected chi connectivity index (χ1v) is 15.5. The fraction of sp³-hybridized carbons (Fsp3) is 0.387. The minimum atomic E-state index is -3.31. The van der Waals surface area contributed by atoms with Crippen LogP contribution in [0.5, 0.6) is 11.5 Å². The molecule has 4 rings (SSSR count). The lowest BCUT2D eigenvalue weighted by Crippen LogP contribution is -2.54. The highest BCUT2D eigenvalue weighted by molar-refractivity contribution is 7.92. The SMILES string of the molecule is CC(C)(C)NC(=O)N(Cc1ccccc1)C1CCN(Cc2ccc(Oc3ccc(NS(C)(=O)=O)cc3)cc2)CC1. The normalized spacial score (nSPS) is 14.9. The first kappa shape index (κ1) is 29.4. The second-order valence-electron chi connectivity index (χ2n) is 11.4. The molecular formula is C31H40N4O4S. The average molecular weight is 565 g/mol. The molecule has 0 spiro atoms. The van der Waals surface area contributed by atoms with Gasteiger partial charge in [-0.2, -0.15) is 0 Å². The lowest BCUT2D eigenvalue weighted by molar-refractivity contribution is 0.109. The summed E-state index contributed by atoms with van der Waals surface area (Å²) in [4.78, 5) is 17.7. The fourth-order valence-electron chi connectivity index (χ4n) is 4.79. The van der Waals surface area contributed by atoms with Crippen molar-refractivity contribution in [1.29, 1.82) is 0 Å². The summed E-state index contributed by atoms with van der Waals surface area (Å²) in [6.45, 7) is 9.33. The van der Waals surface area contributed by atoms with E-state index in [1.807, 2.05) is 56.0 Å². The topological polar surface area (TPSA) is 91.0 Å². The third kappa shape index (κ3) is 9.27. The van der Waals surface area contributed by atoms with Crippen LogP contribution in [0.15, 0.2) is 78.9 Å². The summed E-state index contributed by atoms with van der Waals surface area (Å²) in [5.41, 5.74) is 2.54. The molecular weight excluding hydrogens is 524 g/mol. The molecule has 40 heavy (non-hydrogen) atoms. The molecule has 1 fully saturated rings. The van der Waals surface area contributed by atoms with Gasteiger partial charge in [-0.25, -0.2) is 13.2 Å². The van der Waals surface area contributed by atoms with E-state index in [1.54, 1.807) is 24.3 Å². The van der Waals surface area contributed by atoms with Crippen LogP contribution in [0, 0.1) is 0 Å². The summed E-state index contributed by atoms with van der Waals surface area (Å²) >= 11 is 0. The number of carbonyl (C=O) groups is 1. The number of sulfonamides is 1. The molecule has 9 heteroatoms. The molecule has 8 nitrogen and oxygen atoms in total. The molecule has 0 unspecified atom stereocenters. The number of rotatable bonds is 9. The summed E-state index contributed by atoms with van der Waals surface area (Å²) < 4.78 is 31.1. The van der Waals surface area contributed by atoms with Crippen molar-refractivity contribution in [3.05, 3.63) is 90.0 Å². The number of hydrogen-bond donors (Lipinski definition) is 2.